The number of ether oxygens (including phenoxy) is 1. The molecule has 2 aromatic rings. The quantitative estimate of drug-likeness (QED) is 0.449. The third-order valence-electron chi connectivity index (χ3n) is 7.31. The Morgan fingerprint density at radius 2 is 1.85 bits per heavy atom. The number of carbonyl (C=O) groups excluding carboxylic acids is 1. The minimum absolute atomic E-state index is 0.0891. The van der Waals surface area contributed by atoms with E-state index in [0.717, 1.165) is 36.8 Å². The maximum Gasteiger partial charge on any atom is 0.306 e. The van der Waals surface area contributed by atoms with Crippen LogP contribution in [0.15, 0.2) is 23.6 Å². The van der Waals surface area contributed by atoms with E-state index in [4.69, 9.17) is 9.72 Å². The molecule has 0 bridgehead atoms. The van der Waals surface area contributed by atoms with Crippen molar-refractivity contribution in [3.8, 4) is 11.3 Å². The lowest BCUT2D eigenvalue weighted by Gasteiger charge is -2.42. The maximum atomic E-state index is 12.3. The minimum atomic E-state index is -0.422. The molecule has 0 amide bonds. The number of esters is 1. The number of nitrogens with zero attached hydrogens (tertiary/aromatic N) is 2. The Kier molecular flexibility index (Phi) is 6.41. The first-order chi connectivity index (χ1) is 15.3. The first-order valence-corrected chi connectivity index (χ1v) is 13.3. The molecular formula is C28H40N2O2S. The van der Waals surface area contributed by atoms with Gasteiger partial charge in [-0.15, -0.1) is 11.3 Å². The zero-order chi connectivity index (χ0) is 24.0. The monoisotopic (exact) mass is 468 g/mol. The molecule has 33 heavy (non-hydrogen) atoms. The van der Waals surface area contributed by atoms with Crippen LogP contribution in [0.2, 0.25) is 0 Å². The maximum absolute atomic E-state index is 12.3. The Labute approximate surface area is 203 Å². The first kappa shape index (κ1) is 24.3. The van der Waals surface area contributed by atoms with Gasteiger partial charge in [0, 0.05) is 24.0 Å². The van der Waals surface area contributed by atoms with Crippen LogP contribution < -0.4 is 4.90 Å². The fraction of sp³-hybridized carbons (Fsp3) is 0.643. The number of aromatic nitrogens is 1. The molecule has 0 saturated carbocycles. The van der Waals surface area contributed by atoms with Gasteiger partial charge >= 0.3 is 5.97 Å². The molecule has 1 aliphatic carbocycles. The molecule has 0 radical (unpaired) electrons. The van der Waals surface area contributed by atoms with E-state index in [1.807, 2.05) is 20.8 Å². The van der Waals surface area contributed by atoms with E-state index in [1.165, 1.54) is 29.5 Å². The average Bonchev–Trinajstić information content (AvgIpc) is 3.20. The molecular weight excluding hydrogens is 428 g/mol. The van der Waals surface area contributed by atoms with Crippen molar-refractivity contribution in [2.24, 2.45) is 5.92 Å². The van der Waals surface area contributed by atoms with Crippen LogP contribution in [0.1, 0.15) is 91.7 Å². The fourth-order valence-corrected chi connectivity index (χ4v) is 6.19. The zero-order valence-corrected chi connectivity index (χ0v) is 22.3. The lowest BCUT2D eigenvalue weighted by Crippen LogP contribution is -2.37. The van der Waals surface area contributed by atoms with Crippen LogP contribution >= 0.6 is 11.3 Å². The molecule has 0 spiro atoms. The third kappa shape index (κ3) is 5.45. The van der Waals surface area contributed by atoms with Crippen LogP contribution in [0.4, 0.5) is 5.13 Å². The molecule has 180 valence electrons. The van der Waals surface area contributed by atoms with Crippen LogP contribution in [-0.2, 0) is 20.4 Å². The highest BCUT2D eigenvalue weighted by molar-refractivity contribution is 7.14. The van der Waals surface area contributed by atoms with Crippen LogP contribution in [0.25, 0.3) is 11.3 Å². The van der Waals surface area contributed by atoms with Crippen molar-refractivity contribution in [3.63, 3.8) is 0 Å². The second kappa shape index (κ2) is 8.72. The molecule has 0 N–H and O–H groups in total. The second-order valence-electron chi connectivity index (χ2n) is 12.3. The molecule has 1 aromatic heterocycles. The minimum Gasteiger partial charge on any atom is -0.460 e. The summed E-state index contributed by atoms with van der Waals surface area (Å²) in [6.45, 7) is 17.1. The van der Waals surface area contributed by atoms with Crippen molar-refractivity contribution in [2.45, 2.75) is 97.0 Å². The van der Waals surface area contributed by atoms with E-state index in [2.05, 4.69) is 56.2 Å². The van der Waals surface area contributed by atoms with Crippen LogP contribution in [0.3, 0.4) is 0 Å². The second-order valence-corrected chi connectivity index (χ2v) is 13.1. The fourth-order valence-electron chi connectivity index (χ4n) is 5.31. The lowest BCUT2D eigenvalue weighted by molar-refractivity contribution is -0.156. The predicted molar refractivity (Wildman–Crippen MR) is 138 cm³/mol. The molecule has 1 aliphatic heterocycles. The van der Waals surface area contributed by atoms with Crippen molar-refractivity contribution in [1.82, 2.24) is 4.98 Å². The first-order valence-electron chi connectivity index (χ1n) is 12.4. The van der Waals surface area contributed by atoms with Gasteiger partial charge in [0.2, 0.25) is 0 Å². The topological polar surface area (TPSA) is 42.4 Å². The lowest BCUT2D eigenvalue weighted by atomic mass is 9.63. The highest BCUT2D eigenvalue weighted by atomic mass is 32.1. The number of carbonyl (C=O) groups is 1. The summed E-state index contributed by atoms with van der Waals surface area (Å²) in [4.78, 5) is 19.7. The number of fused-ring (bicyclic) bond motifs is 1. The van der Waals surface area contributed by atoms with E-state index in [9.17, 15) is 4.79 Å². The van der Waals surface area contributed by atoms with E-state index < -0.39 is 5.60 Å². The molecule has 4 nitrogen and oxygen atoms in total. The largest absolute Gasteiger partial charge is 0.460 e. The Morgan fingerprint density at radius 3 is 2.55 bits per heavy atom. The van der Waals surface area contributed by atoms with Crippen LogP contribution in [0, 0.1) is 5.92 Å². The number of rotatable bonds is 4. The van der Waals surface area contributed by atoms with Crippen LogP contribution in [-0.4, -0.2) is 29.6 Å². The third-order valence-corrected chi connectivity index (χ3v) is 8.21. The van der Waals surface area contributed by atoms with Gasteiger partial charge in [-0.25, -0.2) is 4.98 Å². The highest BCUT2D eigenvalue weighted by Gasteiger charge is 2.37. The number of anilines is 1. The summed E-state index contributed by atoms with van der Waals surface area (Å²) >= 11 is 1.72. The van der Waals surface area contributed by atoms with Gasteiger partial charge in [0.25, 0.3) is 0 Å². The van der Waals surface area contributed by atoms with Crippen LogP contribution in [0.5, 0.6) is 0 Å². The summed E-state index contributed by atoms with van der Waals surface area (Å²) in [7, 11) is 0. The summed E-state index contributed by atoms with van der Waals surface area (Å²) in [6, 6.07) is 6.97. The molecule has 2 heterocycles. The molecule has 5 heteroatoms. The number of thiazole rings is 1. The van der Waals surface area contributed by atoms with Crippen molar-refractivity contribution >= 4 is 22.4 Å². The average molecular weight is 469 g/mol. The molecule has 1 saturated heterocycles. The zero-order valence-electron chi connectivity index (χ0n) is 21.5. The van der Waals surface area contributed by atoms with Crippen molar-refractivity contribution in [3.05, 3.63) is 34.7 Å². The summed E-state index contributed by atoms with van der Waals surface area (Å²) in [5.41, 5.74) is 5.24. The van der Waals surface area contributed by atoms with E-state index >= 15 is 0 Å². The van der Waals surface area contributed by atoms with Crippen molar-refractivity contribution in [1.29, 1.82) is 0 Å². The highest BCUT2D eigenvalue weighted by Crippen LogP contribution is 2.47. The molecule has 4 rings (SSSR count). The number of piperidine rings is 1. The Hall–Kier alpha value is -1.88. The van der Waals surface area contributed by atoms with Gasteiger partial charge < -0.3 is 9.64 Å². The Bertz CT molecular complexity index is 1020. The number of benzene rings is 1. The number of hydrogen-bond donors (Lipinski definition) is 0. The van der Waals surface area contributed by atoms with Gasteiger partial charge in [0.1, 0.15) is 5.60 Å². The van der Waals surface area contributed by atoms with Gasteiger partial charge in [-0.1, -0.05) is 39.8 Å². The molecule has 2 aliphatic rings. The number of hydrogen-bond acceptors (Lipinski definition) is 5. The van der Waals surface area contributed by atoms with Gasteiger partial charge in [0.05, 0.1) is 12.1 Å². The molecule has 1 aromatic carbocycles. The smallest absolute Gasteiger partial charge is 0.306 e. The summed E-state index contributed by atoms with van der Waals surface area (Å²) in [5.74, 6) is 0.238. The predicted octanol–water partition coefficient (Wildman–Crippen LogP) is 7.11. The summed E-state index contributed by atoms with van der Waals surface area (Å²) < 4.78 is 5.55. The molecule has 1 unspecified atom stereocenters. The molecule has 1 atom stereocenters. The van der Waals surface area contributed by atoms with Gasteiger partial charge in [-0.2, -0.15) is 0 Å². The standard InChI is InChI=1S/C28H40N2O2S/c1-26(2,3)32-24(31)15-19-9-8-14-30(17-19)25-29-23(18-33-25)20-10-11-21-22(16-20)28(6,7)13-12-27(21,4)5/h10-11,16,18-19H,8-9,12-15,17H2,1-7H3. The molecule has 1 fully saturated rings. The van der Waals surface area contributed by atoms with Gasteiger partial charge in [0.15, 0.2) is 5.13 Å². The van der Waals surface area contributed by atoms with Gasteiger partial charge in [-0.05, 0) is 80.4 Å². The van der Waals surface area contributed by atoms with Gasteiger partial charge in [-0.3, -0.25) is 4.79 Å². The Balaban J connectivity index is 1.50. The summed E-state index contributed by atoms with van der Waals surface area (Å²) in [5, 5.41) is 3.26. The van der Waals surface area contributed by atoms with E-state index in [0.29, 0.717) is 12.3 Å². The Morgan fingerprint density at radius 1 is 1.15 bits per heavy atom. The SMILES string of the molecule is CC(C)(C)OC(=O)CC1CCCN(c2nc(-c3ccc4c(c3)C(C)(C)CCC4(C)C)cs2)C1. The van der Waals surface area contributed by atoms with E-state index in [-0.39, 0.29) is 16.8 Å². The summed E-state index contributed by atoms with van der Waals surface area (Å²) in [6.07, 6.45) is 5.09. The normalized spacial score (nSPS) is 22.0. The van der Waals surface area contributed by atoms with Crippen molar-refractivity contribution in [2.75, 3.05) is 18.0 Å². The van der Waals surface area contributed by atoms with Crippen molar-refractivity contribution < 1.29 is 9.53 Å². The van der Waals surface area contributed by atoms with E-state index in [1.54, 1.807) is 11.3 Å².